The lowest BCUT2D eigenvalue weighted by atomic mass is 10.0. The molecule has 1 amide bonds. The quantitative estimate of drug-likeness (QED) is 0.885. The van der Waals surface area contributed by atoms with Gasteiger partial charge in [-0.1, -0.05) is 18.6 Å². The topological polar surface area (TPSA) is 63.2 Å². The van der Waals surface area contributed by atoms with Crippen LogP contribution in [0.4, 0.5) is 4.39 Å². The average molecular weight is 329 g/mol. The van der Waals surface area contributed by atoms with Crippen LogP contribution < -0.4 is 15.4 Å². The summed E-state index contributed by atoms with van der Waals surface area (Å²) >= 11 is 0. The first-order chi connectivity index (χ1) is 11.7. The smallest absolute Gasteiger partial charge is 0.237 e. The Kier molecular flexibility index (Phi) is 5.38. The van der Waals surface area contributed by atoms with Crippen molar-refractivity contribution in [2.24, 2.45) is 0 Å². The largest absolute Gasteiger partial charge is 0.439 e. The Labute approximate surface area is 140 Å². The van der Waals surface area contributed by atoms with Crippen molar-refractivity contribution < 1.29 is 13.9 Å². The molecule has 1 aromatic carbocycles. The number of nitrogens with one attached hydrogen (secondary N) is 2. The molecule has 0 spiro atoms. The highest BCUT2D eigenvalue weighted by atomic mass is 19.1. The second-order valence-corrected chi connectivity index (χ2v) is 5.78. The van der Waals surface area contributed by atoms with Crippen molar-refractivity contribution in [1.82, 2.24) is 15.6 Å². The zero-order valence-corrected chi connectivity index (χ0v) is 13.3. The molecular formula is C18H20FN3O2. The first kappa shape index (κ1) is 16.4. The van der Waals surface area contributed by atoms with Gasteiger partial charge in [-0.15, -0.1) is 0 Å². The maximum absolute atomic E-state index is 13.1. The third kappa shape index (κ3) is 4.52. The van der Waals surface area contributed by atoms with E-state index in [1.165, 1.54) is 12.1 Å². The van der Waals surface area contributed by atoms with Crippen molar-refractivity contribution in [2.45, 2.75) is 31.8 Å². The lowest BCUT2D eigenvalue weighted by Gasteiger charge is -2.22. The van der Waals surface area contributed by atoms with Crippen molar-refractivity contribution >= 4 is 5.91 Å². The van der Waals surface area contributed by atoms with Crippen LogP contribution in [0, 0.1) is 5.82 Å². The summed E-state index contributed by atoms with van der Waals surface area (Å²) in [4.78, 5) is 16.2. The lowest BCUT2D eigenvalue weighted by Crippen LogP contribution is -2.46. The van der Waals surface area contributed by atoms with Gasteiger partial charge in [0, 0.05) is 24.9 Å². The summed E-state index contributed by atoms with van der Waals surface area (Å²) in [5.74, 6) is 0.439. The molecule has 5 nitrogen and oxygen atoms in total. The van der Waals surface area contributed by atoms with Gasteiger partial charge in [0.2, 0.25) is 11.8 Å². The number of pyridine rings is 1. The minimum atomic E-state index is -0.358. The second kappa shape index (κ2) is 7.88. The molecule has 1 fully saturated rings. The number of ether oxygens (including phenoxy) is 1. The minimum Gasteiger partial charge on any atom is -0.439 e. The molecule has 24 heavy (non-hydrogen) atoms. The standard InChI is InChI=1S/C18H20FN3O2/c19-14-4-3-5-15(10-14)24-17-8-7-13(11-21-17)12-22-18(23)16-6-1-2-9-20-16/h3-5,7-8,10-11,16,20H,1-2,6,9,12H2,(H,22,23)/t16-/m1/s1. The van der Waals surface area contributed by atoms with Crippen molar-refractivity contribution in [3.05, 3.63) is 54.0 Å². The molecule has 126 valence electrons. The maximum atomic E-state index is 13.1. The SMILES string of the molecule is O=C(NCc1ccc(Oc2cccc(F)c2)nc1)[C@H]1CCCCN1. The van der Waals surface area contributed by atoms with Crippen LogP contribution in [0.15, 0.2) is 42.6 Å². The summed E-state index contributed by atoms with van der Waals surface area (Å²) < 4.78 is 18.6. The third-order valence-corrected chi connectivity index (χ3v) is 3.91. The molecule has 2 aromatic rings. The summed E-state index contributed by atoms with van der Waals surface area (Å²) in [6.45, 7) is 1.32. The number of aromatic nitrogens is 1. The average Bonchev–Trinajstić information content (AvgIpc) is 2.62. The van der Waals surface area contributed by atoms with Gasteiger partial charge >= 0.3 is 0 Å². The summed E-state index contributed by atoms with van der Waals surface area (Å²) in [7, 11) is 0. The highest BCUT2D eigenvalue weighted by Gasteiger charge is 2.19. The van der Waals surface area contributed by atoms with Crippen LogP contribution in [0.3, 0.4) is 0 Å². The van der Waals surface area contributed by atoms with Gasteiger partial charge in [0.1, 0.15) is 11.6 Å². The van der Waals surface area contributed by atoms with E-state index in [-0.39, 0.29) is 17.8 Å². The van der Waals surface area contributed by atoms with E-state index in [0.29, 0.717) is 18.2 Å². The number of hydrogen-bond acceptors (Lipinski definition) is 4. The second-order valence-electron chi connectivity index (χ2n) is 5.78. The molecular weight excluding hydrogens is 309 g/mol. The fourth-order valence-electron chi connectivity index (χ4n) is 2.62. The molecule has 0 aliphatic carbocycles. The van der Waals surface area contributed by atoms with Crippen molar-refractivity contribution in [3.8, 4) is 11.6 Å². The van der Waals surface area contributed by atoms with E-state index < -0.39 is 0 Å². The van der Waals surface area contributed by atoms with Gasteiger partial charge < -0.3 is 15.4 Å². The number of halogens is 1. The van der Waals surface area contributed by atoms with Crippen LogP contribution in [-0.4, -0.2) is 23.5 Å². The van der Waals surface area contributed by atoms with Crippen molar-refractivity contribution in [1.29, 1.82) is 0 Å². The number of amides is 1. The Bertz CT molecular complexity index is 685. The van der Waals surface area contributed by atoms with E-state index in [0.717, 1.165) is 31.4 Å². The Morgan fingerprint density at radius 3 is 2.96 bits per heavy atom. The molecule has 2 heterocycles. The van der Waals surface area contributed by atoms with Crippen LogP contribution in [-0.2, 0) is 11.3 Å². The normalized spacial score (nSPS) is 17.3. The predicted octanol–water partition coefficient (Wildman–Crippen LogP) is 2.77. The van der Waals surface area contributed by atoms with E-state index in [1.54, 1.807) is 24.4 Å². The number of piperidine rings is 1. The molecule has 2 N–H and O–H groups in total. The van der Waals surface area contributed by atoms with E-state index in [4.69, 9.17) is 4.74 Å². The van der Waals surface area contributed by atoms with E-state index in [9.17, 15) is 9.18 Å². The monoisotopic (exact) mass is 329 g/mol. The molecule has 1 aromatic heterocycles. The number of carbonyl (C=O) groups excluding carboxylic acids is 1. The third-order valence-electron chi connectivity index (χ3n) is 3.91. The van der Waals surface area contributed by atoms with Gasteiger partial charge in [0.15, 0.2) is 0 Å². The summed E-state index contributed by atoms with van der Waals surface area (Å²) in [6, 6.07) is 9.33. The van der Waals surface area contributed by atoms with Crippen LogP contribution in [0.2, 0.25) is 0 Å². The molecule has 0 bridgehead atoms. The van der Waals surface area contributed by atoms with E-state index in [2.05, 4.69) is 15.6 Å². The molecule has 0 saturated carbocycles. The van der Waals surface area contributed by atoms with Crippen molar-refractivity contribution in [3.63, 3.8) is 0 Å². The van der Waals surface area contributed by atoms with E-state index in [1.807, 2.05) is 6.07 Å². The molecule has 1 saturated heterocycles. The Morgan fingerprint density at radius 2 is 2.25 bits per heavy atom. The molecule has 1 aliphatic rings. The van der Waals surface area contributed by atoms with Gasteiger partial charge in [-0.2, -0.15) is 0 Å². The van der Waals surface area contributed by atoms with Gasteiger partial charge in [-0.05, 0) is 37.1 Å². The summed E-state index contributed by atoms with van der Waals surface area (Å²) in [5, 5.41) is 6.13. The van der Waals surface area contributed by atoms with Crippen LogP contribution in [0.5, 0.6) is 11.6 Å². The van der Waals surface area contributed by atoms with Crippen molar-refractivity contribution in [2.75, 3.05) is 6.54 Å². The fraction of sp³-hybridized carbons (Fsp3) is 0.333. The number of carbonyl (C=O) groups is 1. The number of benzene rings is 1. The first-order valence-corrected chi connectivity index (χ1v) is 8.10. The van der Waals surface area contributed by atoms with Crippen LogP contribution in [0.25, 0.3) is 0 Å². The summed E-state index contributed by atoms with van der Waals surface area (Å²) in [5.41, 5.74) is 0.880. The number of hydrogen-bond donors (Lipinski definition) is 2. The predicted molar refractivity (Wildman–Crippen MR) is 88.2 cm³/mol. The summed E-state index contributed by atoms with van der Waals surface area (Å²) in [6.07, 6.45) is 4.73. The Morgan fingerprint density at radius 1 is 1.33 bits per heavy atom. The molecule has 1 atom stereocenters. The van der Waals surface area contributed by atoms with Crippen LogP contribution >= 0.6 is 0 Å². The molecule has 1 aliphatic heterocycles. The van der Waals surface area contributed by atoms with Gasteiger partial charge in [0.05, 0.1) is 6.04 Å². The zero-order chi connectivity index (χ0) is 16.8. The van der Waals surface area contributed by atoms with Gasteiger partial charge in [-0.25, -0.2) is 9.37 Å². The maximum Gasteiger partial charge on any atom is 0.237 e. The first-order valence-electron chi connectivity index (χ1n) is 8.10. The highest BCUT2D eigenvalue weighted by Crippen LogP contribution is 2.20. The Balaban J connectivity index is 1.51. The molecule has 0 radical (unpaired) electrons. The van der Waals surface area contributed by atoms with Gasteiger partial charge in [-0.3, -0.25) is 4.79 Å². The zero-order valence-electron chi connectivity index (χ0n) is 13.3. The fourth-order valence-corrected chi connectivity index (χ4v) is 2.62. The molecule has 3 rings (SSSR count). The number of nitrogens with zero attached hydrogens (tertiary/aromatic N) is 1. The molecule has 0 unspecified atom stereocenters. The molecule has 6 heteroatoms. The Hall–Kier alpha value is -2.47. The number of rotatable bonds is 5. The lowest BCUT2D eigenvalue weighted by molar-refractivity contribution is -0.123. The van der Waals surface area contributed by atoms with Crippen LogP contribution in [0.1, 0.15) is 24.8 Å². The highest BCUT2D eigenvalue weighted by molar-refractivity contribution is 5.81. The van der Waals surface area contributed by atoms with Gasteiger partial charge in [0.25, 0.3) is 0 Å². The van der Waals surface area contributed by atoms with E-state index >= 15 is 0 Å². The minimum absolute atomic E-state index is 0.0230.